The first-order valence-electron chi connectivity index (χ1n) is 4.74. The van der Waals surface area contributed by atoms with Crippen molar-refractivity contribution in [3.05, 3.63) is 34.3 Å². The van der Waals surface area contributed by atoms with Crippen LogP contribution in [-0.2, 0) is 15.1 Å². The Morgan fingerprint density at radius 3 is 2.80 bits per heavy atom. The fourth-order valence-electron chi connectivity index (χ4n) is 1.83. The topological polar surface area (TPSA) is 46.5 Å². The number of hydrogen-bond donors (Lipinski definition) is 1. The van der Waals surface area contributed by atoms with Crippen molar-refractivity contribution < 1.29 is 14.6 Å². The molecule has 1 heterocycles. The summed E-state index contributed by atoms with van der Waals surface area (Å²) in [6.45, 7) is 0.639. The van der Waals surface area contributed by atoms with Crippen LogP contribution in [0.1, 0.15) is 18.4 Å². The summed E-state index contributed by atoms with van der Waals surface area (Å²) in [5, 5.41) is 8.85. The van der Waals surface area contributed by atoms with Crippen molar-refractivity contribution in [1.82, 2.24) is 0 Å². The summed E-state index contributed by atoms with van der Waals surface area (Å²) >= 11 is 3.37. The van der Waals surface area contributed by atoms with Gasteiger partial charge in [0.1, 0.15) is 5.60 Å². The minimum atomic E-state index is -0.824. The number of aliphatic carboxylic acids is 1. The van der Waals surface area contributed by atoms with Crippen LogP contribution in [0.2, 0.25) is 0 Å². The Kier molecular flexibility index (Phi) is 2.80. The van der Waals surface area contributed by atoms with E-state index in [2.05, 4.69) is 15.9 Å². The molecule has 1 atom stereocenters. The fraction of sp³-hybridized carbons (Fsp3) is 0.364. The molecule has 1 aromatic carbocycles. The maximum atomic E-state index is 10.8. The van der Waals surface area contributed by atoms with Gasteiger partial charge in [0.2, 0.25) is 0 Å². The third-order valence-corrected chi connectivity index (χ3v) is 3.17. The molecule has 1 unspecified atom stereocenters. The standard InChI is InChI=1S/C11H11BrO3/c12-9-3-1-2-8(6-9)11(4-5-15-11)7-10(13)14/h1-3,6H,4-5,7H2,(H,13,14). The first kappa shape index (κ1) is 10.6. The van der Waals surface area contributed by atoms with Crippen LogP contribution in [0, 0.1) is 0 Å². The van der Waals surface area contributed by atoms with E-state index in [9.17, 15) is 4.79 Å². The second kappa shape index (κ2) is 3.94. The van der Waals surface area contributed by atoms with Crippen LogP contribution in [0.25, 0.3) is 0 Å². The largest absolute Gasteiger partial charge is 0.481 e. The van der Waals surface area contributed by atoms with Gasteiger partial charge in [-0.3, -0.25) is 4.79 Å². The molecule has 0 bridgehead atoms. The van der Waals surface area contributed by atoms with Gasteiger partial charge in [-0.15, -0.1) is 0 Å². The summed E-state index contributed by atoms with van der Waals surface area (Å²) < 4.78 is 6.41. The lowest BCUT2D eigenvalue weighted by Crippen LogP contribution is -2.42. The molecule has 1 saturated heterocycles. The monoisotopic (exact) mass is 270 g/mol. The van der Waals surface area contributed by atoms with Gasteiger partial charge in [0.05, 0.1) is 13.0 Å². The van der Waals surface area contributed by atoms with E-state index in [1.165, 1.54) is 0 Å². The van der Waals surface area contributed by atoms with Crippen LogP contribution < -0.4 is 0 Å². The maximum absolute atomic E-state index is 10.8. The highest BCUT2D eigenvalue weighted by Gasteiger charge is 2.42. The Labute approximate surface area is 96.2 Å². The predicted octanol–water partition coefficient (Wildman–Crippen LogP) is 2.54. The first-order valence-corrected chi connectivity index (χ1v) is 5.53. The van der Waals surface area contributed by atoms with Gasteiger partial charge in [0.15, 0.2) is 0 Å². The van der Waals surface area contributed by atoms with Crippen molar-refractivity contribution in [2.45, 2.75) is 18.4 Å². The van der Waals surface area contributed by atoms with Crippen molar-refractivity contribution in [2.24, 2.45) is 0 Å². The zero-order valence-electron chi connectivity index (χ0n) is 8.07. The Morgan fingerprint density at radius 1 is 1.60 bits per heavy atom. The highest BCUT2D eigenvalue weighted by Crippen LogP contribution is 2.41. The summed E-state index contributed by atoms with van der Waals surface area (Å²) in [4.78, 5) is 10.8. The fourth-order valence-corrected chi connectivity index (χ4v) is 2.23. The molecule has 2 rings (SSSR count). The molecular weight excluding hydrogens is 260 g/mol. The van der Waals surface area contributed by atoms with Crippen molar-refractivity contribution in [1.29, 1.82) is 0 Å². The number of hydrogen-bond acceptors (Lipinski definition) is 2. The van der Waals surface area contributed by atoms with Crippen molar-refractivity contribution >= 4 is 21.9 Å². The molecule has 0 aromatic heterocycles. The number of carbonyl (C=O) groups is 1. The van der Waals surface area contributed by atoms with Gasteiger partial charge in [-0.2, -0.15) is 0 Å². The van der Waals surface area contributed by atoms with Crippen molar-refractivity contribution in [3.63, 3.8) is 0 Å². The lowest BCUT2D eigenvalue weighted by Gasteiger charge is -2.41. The van der Waals surface area contributed by atoms with E-state index in [1.54, 1.807) is 0 Å². The summed E-state index contributed by atoms with van der Waals surface area (Å²) in [5.41, 5.74) is 0.334. The van der Waals surface area contributed by atoms with Gasteiger partial charge < -0.3 is 9.84 Å². The average molecular weight is 271 g/mol. The molecule has 1 aromatic rings. The molecule has 0 spiro atoms. The van der Waals surface area contributed by atoms with Gasteiger partial charge >= 0.3 is 5.97 Å². The number of benzene rings is 1. The summed E-state index contributed by atoms with van der Waals surface area (Å²) in [6, 6.07) is 7.64. The molecule has 0 amide bonds. The third kappa shape index (κ3) is 2.06. The van der Waals surface area contributed by atoms with E-state index in [4.69, 9.17) is 9.84 Å². The quantitative estimate of drug-likeness (QED) is 0.918. The summed E-state index contributed by atoms with van der Waals surface area (Å²) in [6.07, 6.45) is 0.805. The Hall–Kier alpha value is -0.870. The highest BCUT2D eigenvalue weighted by atomic mass is 79.9. The van der Waals surface area contributed by atoms with Gasteiger partial charge in [-0.25, -0.2) is 0 Å². The minimum Gasteiger partial charge on any atom is -0.481 e. The SMILES string of the molecule is O=C(O)CC1(c2cccc(Br)c2)CCO1. The lowest BCUT2D eigenvalue weighted by atomic mass is 9.83. The molecule has 1 N–H and O–H groups in total. The maximum Gasteiger partial charge on any atom is 0.306 e. The van der Waals surface area contributed by atoms with Crippen LogP contribution >= 0.6 is 15.9 Å². The molecule has 3 nitrogen and oxygen atoms in total. The number of ether oxygens (including phenoxy) is 1. The third-order valence-electron chi connectivity index (χ3n) is 2.67. The first-order chi connectivity index (χ1) is 7.12. The average Bonchev–Trinajstić information content (AvgIpc) is 2.11. The number of carboxylic acid groups (broad SMARTS) is 1. The molecule has 1 aliphatic rings. The van der Waals surface area contributed by atoms with Crippen LogP contribution in [0.4, 0.5) is 0 Å². The molecule has 0 aliphatic carbocycles. The van der Waals surface area contributed by atoms with Gasteiger partial charge in [0, 0.05) is 10.9 Å². The lowest BCUT2D eigenvalue weighted by molar-refractivity contribution is -0.176. The number of rotatable bonds is 3. The number of carboxylic acids is 1. The minimum absolute atomic E-state index is 0.0312. The zero-order valence-corrected chi connectivity index (χ0v) is 9.66. The molecule has 1 aliphatic heterocycles. The molecule has 15 heavy (non-hydrogen) atoms. The van der Waals surface area contributed by atoms with E-state index in [1.807, 2.05) is 24.3 Å². The van der Waals surface area contributed by atoms with E-state index in [-0.39, 0.29) is 6.42 Å². The normalized spacial score (nSPS) is 24.6. The van der Waals surface area contributed by atoms with Crippen molar-refractivity contribution in [3.8, 4) is 0 Å². The molecular formula is C11H11BrO3. The van der Waals surface area contributed by atoms with Gasteiger partial charge in [-0.05, 0) is 17.7 Å². The van der Waals surface area contributed by atoms with Gasteiger partial charge in [0.25, 0.3) is 0 Å². The van der Waals surface area contributed by atoms with Crippen LogP contribution in [0.5, 0.6) is 0 Å². The smallest absolute Gasteiger partial charge is 0.306 e. The van der Waals surface area contributed by atoms with Gasteiger partial charge in [-0.1, -0.05) is 28.1 Å². The zero-order chi connectivity index (χ0) is 10.9. The Morgan fingerprint density at radius 2 is 2.33 bits per heavy atom. The molecule has 4 heteroatoms. The van der Waals surface area contributed by atoms with E-state index in [0.717, 1.165) is 16.5 Å². The molecule has 0 saturated carbocycles. The van der Waals surface area contributed by atoms with Crippen molar-refractivity contribution in [2.75, 3.05) is 6.61 Å². The van der Waals surface area contributed by atoms with E-state index in [0.29, 0.717) is 6.61 Å². The Bertz CT molecular complexity index is 385. The van der Waals surface area contributed by atoms with E-state index >= 15 is 0 Å². The highest BCUT2D eigenvalue weighted by molar-refractivity contribution is 9.10. The molecule has 80 valence electrons. The Balaban J connectivity index is 2.29. The molecule has 1 fully saturated rings. The summed E-state index contributed by atoms with van der Waals surface area (Å²) in [5.74, 6) is -0.824. The summed E-state index contributed by atoms with van der Waals surface area (Å²) in [7, 11) is 0. The van der Waals surface area contributed by atoms with Crippen LogP contribution in [0.3, 0.4) is 0 Å². The van der Waals surface area contributed by atoms with Crippen LogP contribution in [0.15, 0.2) is 28.7 Å². The van der Waals surface area contributed by atoms with Crippen LogP contribution in [-0.4, -0.2) is 17.7 Å². The second-order valence-corrected chi connectivity index (χ2v) is 4.59. The predicted molar refractivity (Wildman–Crippen MR) is 58.6 cm³/mol. The molecule has 0 radical (unpaired) electrons. The number of halogens is 1. The second-order valence-electron chi connectivity index (χ2n) is 3.67. The van der Waals surface area contributed by atoms with E-state index < -0.39 is 11.6 Å².